The van der Waals surface area contributed by atoms with Crippen molar-refractivity contribution >= 4 is 0 Å². The number of unbranched alkanes of at least 4 members (excludes halogenated alkanes) is 3. The topological polar surface area (TPSA) is 165 Å². The quantitative estimate of drug-likeness (QED) is 0.118. The Kier molecular flexibility index (Phi) is 18.7. The summed E-state index contributed by atoms with van der Waals surface area (Å²) in [4.78, 5) is 0. The van der Waals surface area contributed by atoms with Crippen molar-refractivity contribution in [2.75, 3.05) is 79.3 Å². The second-order valence-corrected chi connectivity index (χ2v) is 8.60. The van der Waals surface area contributed by atoms with Crippen molar-refractivity contribution in [1.82, 2.24) is 0 Å². The monoisotopic (exact) mass is 470 g/mol. The van der Waals surface area contributed by atoms with Gasteiger partial charge in [0, 0.05) is 0 Å². The minimum atomic E-state index is -1.16. The maximum absolute atomic E-state index is 9.03. The highest BCUT2D eigenvalue weighted by Gasteiger charge is 2.32. The Morgan fingerprint density at radius 2 is 0.938 bits per heavy atom. The van der Waals surface area contributed by atoms with Crippen LogP contribution in [-0.2, 0) is 18.9 Å². The molecule has 0 amide bonds. The van der Waals surface area contributed by atoms with Crippen molar-refractivity contribution in [1.29, 1.82) is 0 Å². The lowest BCUT2D eigenvalue weighted by Gasteiger charge is -2.31. The molecule has 0 aliphatic carbocycles. The van der Waals surface area contributed by atoms with Gasteiger partial charge in [0.25, 0.3) is 0 Å². The first-order valence-electron chi connectivity index (χ1n) is 11.5. The van der Waals surface area contributed by atoms with E-state index >= 15 is 0 Å². The summed E-state index contributed by atoms with van der Waals surface area (Å²) in [5.41, 5.74) is -2.32. The molecule has 6 N–H and O–H groups in total. The number of hydrogen-bond donors (Lipinski definition) is 6. The van der Waals surface area contributed by atoms with Crippen LogP contribution in [0.25, 0.3) is 0 Å². The van der Waals surface area contributed by atoms with Crippen LogP contribution in [0.4, 0.5) is 0 Å². The molecule has 10 heteroatoms. The molecule has 2 heterocycles. The Hall–Kier alpha value is -0.400. The minimum absolute atomic E-state index is 0.141. The van der Waals surface area contributed by atoms with Gasteiger partial charge in [0.1, 0.15) is 12.2 Å². The van der Waals surface area contributed by atoms with E-state index in [9.17, 15) is 0 Å². The number of aliphatic hydroxyl groups excluding tert-OH is 6. The summed E-state index contributed by atoms with van der Waals surface area (Å²) in [5.74, 6) is 0. The number of rotatable bonds is 17. The molecule has 2 fully saturated rings. The van der Waals surface area contributed by atoms with Gasteiger partial charge in [0.15, 0.2) is 0 Å². The molecule has 0 bridgehead atoms. The van der Waals surface area contributed by atoms with Crippen molar-refractivity contribution in [3.63, 3.8) is 0 Å². The number of aliphatic hydroxyl groups is 6. The Morgan fingerprint density at radius 3 is 1.16 bits per heavy atom. The predicted molar refractivity (Wildman–Crippen MR) is 118 cm³/mol. The molecular weight excluding hydrogens is 424 g/mol. The van der Waals surface area contributed by atoms with Crippen LogP contribution in [0, 0.1) is 10.8 Å². The van der Waals surface area contributed by atoms with Gasteiger partial charge in [0.05, 0.1) is 90.1 Å². The maximum atomic E-state index is 9.03. The number of hydrogen-bond acceptors (Lipinski definition) is 10. The van der Waals surface area contributed by atoms with Crippen LogP contribution >= 0.6 is 0 Å². The minimum Gasteiger partial charge on any atom is -0.396 e. The van der Waals surface area contributed by atoms with Gasteiger partial charge in [-0.1, -0.05) is 39.5 Å². The van der Waals surface area contributed by atoms with E-state index < -0.39 is 50.5 Å². The molecule has 0 saturated carbocycles. The molecule has 2 aliphatic rings. The molecule has 2 aliphatic heterocycles. The van der Waals surface area contributed by atoms with Gasteiger partial charge in [-0.05, 0) is 0 Å². The molecule has 0 aromatic rings. The first kappa shape index (κ1) is 31.6. The lowest BCUT2D eigenvalue weighted by atomic mass is 9.91. The first-order valence-corrected chi connectivity index (χ1v) is 11.5. The molecule has 0 aromatic carbocycles. The highest BCUT2D eigenvalue weighted by Crippen LogP contribution is 2.19. The highest BCUT2D eigenvalue weighted by atomic mass is 16.6. The van der Waals surface area contributed by atoms with Gasteiger partial charge in [-0.25, -0.2) is 0 Å². The molecule has 2 rings (SSSR count). The summed E-state index contributed by atoms with van der Waals surface area (Å²) < 4.78 is 20.3. The molecule has 2 saturated heterocycles. The Morgan fingerprint density at radius 1 is 0.625 bits per heavy atom. The summed E-state index contributed by atoms with van der Waals surface area (Å²) in [6.07, 6.45) is 6.32. The largest absolute Gasteiger partial charge is 0.396 e. The van der Waals surface area contributed by atoms with Crippen LogP contribution < -0.4 is 0 Å². The third-order valence-electron chi connectivity index (χ3n) is 5.20. The SMILES string of the molecule is C(OCC1CO1)C1CO1.CCCCCC.OCC(CO)(CO)COCC(CO)(CO)CO. The van der Waals surface area contributed by atoms with E-state index in [1.54, 1.807) is 0 Å². The van der Waals surface area contributed by atoms with E-state index in [-0.39, 0.29) is 13.2 Å². The summed E-state index contributed by atoms with van der Waals surface area (Å²) >= 11 is 0. The van der Waals surface area contributed by atoms with Gasteiger partial charge < -0.3 is 49.6 Å². The van der Waals surface area contributed by atoms with Gasteiger partial charge in [-0.3, -0.25) is 0 Å². The molecule has 10 nitrogen and oxygen atoms in total. The first-order chi connectivity index (χ1) is 15.4. The van der Waals surface area contributed by atoms with E-state index in [0.717, 1.165) is 26.4 Å². The average Bonchev–Trinajstić information content (AvgIpc) is 3.76. The second kappa shape index (κ2) is 19.0. The van der Waals surface area contributed by atoms with Gasteiger partial charge in [0.2, 0.25) is 0 Å². The molecule has 0 spiro atoms. The van der Waals surface area contributed by atoms with E-state index in [1.807, 2.05) is 0 Å². The smallest absolute Gasteiger partial charge is 0.104 e. The number of ether oxygens (including phenoxy) is 4. The van der Waals surface area contributed by atoms with Crippen molar-refractivity contribution in [3.05, 3.63) is 0 Å². The van der Waals surface area contributed by atoms with Crippen molar-refractivity contribution in [2.45, 2.75) is 51.7 Å². The zero-order valence-electron chi connectivity index (χ0n) is 19.8. The molecule has 194 valence electrons. The normalized spacial score (nSPS) is 19.5. The maximum Gasteiger partial charge on any atom is 0.104 e. The fourth-order valence-corrected chi connectivity index (χ4v) is 2.22. The van der Waals surface area contributed by atoms with Crippen molar-refractivity contribution in [2.24, 2.45) is 10.8 Å². The second-order valence-electron chi connectivity index (χ2n) is 8.60. The van der Waals surface area contributed by atoms with E-state index in [0.29, 0.717) is 12.2 Å². The van der Waals surface area contributed by atoms with Crippen LogP contribution in [0.2, 0.25) is 0 Å². The summed E-state index contributed by atoms with van der Waals surface area (Å²) in [6, 6.07) is 0. The van der Waals surface area contributed by atoms with E-state index in [2.05, 4.69) is 13.8 Å². The Labute approximate surface area is 192 Å². The zero-order chi connectivity index (χ0) is 24.3. The van der Waals surface area contributed by atoms with Gasteiger partial charge in [-0.15, -0.1) is 0 Å². The van der Waals surface area contributed by atoms with Crippen molar-refractivity contribution < 1.29 is 49.6 Å². The fraction of sp³-hybridized carbons (Fsp3) is 1.00. The Balaban J connectivity index is 0.000000525. The van der Waals surface area contributed by atoms with Crippen molar-refractivity contribution in [3.8, 4) is 0 Å². The Bertz CT molecular complexity index is 355. The van der Waals surface area contributed by atoms with Gasteiger partial charge in [-0.2, -0.15) is 0 Å². The third-order valence-corrected chi connectivity index (χ3v) is 5.20. The van der Waals surface area contributed by atoms with E-state index in [1.165, 1.54) is 25.7 Å². The van der Waals surface area contributed by atoms with Crippen LogP contribution in [0.1, 0.15) is 39.5 Å². The predicted octanol–water partition coefficient (Wildman–Crippen LogP) is -0.683. The van der Waals surface area contributed by atoms with E-state index in [4.69, 9.17) is 49.6 Å². The molecular formula is C22H46O10. The van der Waals surface area contributed by atoms with Crippen LogP contribution in [-0.4, -0.2) is 122 Å². The lowest BCUT2D eigenvalue weighted by Crippen LogP contribution is -2.43. The zero-order valence-corrected chi connectivity index (χ0v) is 19.8. The molecule has 0 radical (unpaired) electrons. The highest BCUT2D eigenvalue weighted by molar-refractivity contribution is 4.80. The summed E-state index contributed by atoms with van der Waals surface area (Å²) in [6.45, 7) is 4.72. The summed E-state index contributed by atoms with van der Waals surface area (Å²) in [5, 5.41) is 54.2. The molecule has 2 atom stereocenters. The van der Waals surface area contributed by atoms with Gasteiger partial charge >= 0.3 is 0 Å². The average molecular weight is 471 g/mol. The molecule has 2 unspecified atom stereocenters. The van der Waals surface area contributed by atoms with Crippen LogP contribution in [0.3, 0.4) is 0 Å². The van der Waals surface area contributed by atoms with Crippen LogP contribution in [0.5, 0.6) is 0 Å². The standard InChI is InChI=1S/C10H22O7.C6H10O3.C6H14/c11-1-9(2-12,3-13)7-17-8-10(4-14,5-15)6-16;1(5-3-8-5)7-2-6-4-9-6;1-3-5-6-4-2/h11-16H,1-8H2;5-6H,1-4H2;3-6H2,1-2H3. The third kappa shape index (κ3) is 14.7. The molecule has 0 aromatic heterocycles. The fourth-order valence-electron chi connectivity index (χ4n) is 2.22. The lowest BCUT2D eigenvalue weighted by molar-refractivity contribution is -0.103. The number of epoxide rings is 2. The summed E-state index contributed by atoms with van der Waals surface area (Å²) in [7, 11) is 0. The molecule has 32 heavy (non-hydrogen) atoms. The van der Waals surface area contributed by atoms with Crippen LogP contribution in [0.15, 0.2) is 0 Å².